The molecule has 0 spiro atoms. The van der Waals surface area contributed by atoms with Crippen molar-refractivity contribution in [1.82, 2.24) is 9.62 Å². The van der Waals surface area contributed by atoms with Gasteiger partial charge in [-0.3, -0.25) is 4.79 Å². The van der Waals surface area contributed by atoms with Crippen LogP contribution in [-0.2, 0) is 26.0 Å². The van der Waals surface area contributed by atoms with E-state index in [0.717, 1.165) is 44.1 Å². The summed E-state index contributed by atoms with van der Waals surface area (Å²) >= 11 is 0. The number of hydrogen-bond donors (Lipinski definition) is 1. The SMILES string of the molecule is COC1CCC(c2ccccc2CC(=O)N2CCCC(NS(C)(=O)=O)CC2)CC1. The lowest BCUT2D eigenvalue weighted by molar-refractivity contribution is -0.130. The van der Waals surface area contributed by atoms with Crippen LogP contribution in [0.3, 0.4) is 0 Å². The minimum Gasteiger partial charge on any atom is -0.381 e. The van der Waals surface area contributed by atoms with Crippen LogP contribution in [-0.4, -0.2) is 57.8 Å². The number of ether oxygens (including phenoxy) is 1. The number of benzene rings is 1. The summed E-state index contributed by atoms with van der Waals surface area (Å²) < 4.78 is 31.2. The molecule has 1 aromatic carbocycles. The third-order valence-corrected chi connectivity index (χ3v) is 7.07. The molecule has 1 saturated carbocycles. The van der Waals surface area contributed by atoms with Crippen LogP contribution >= 0.6 is 0 Å². The molecule has 162 valence electrons. The number of amides is 1. The van der Waals surface area contributed by atoms with Gasteiger partial charge in [0.2, 0.25) is 15.9 Å². The summed E-state index contributed by atoms with van der Waals surface area (Å²) in [6, 6.07) is 8.27. The summed E-state index contributed by atoms with van der Waals surface area (Å²) in [7, 11) is -1.43. The van der Waals surface area contributed by atoms with Gasteiger partial charge in [0.25, 0.3) is 0 Å². The number of carbonyl (C=O) groups excluding carboxylic acids is 1. The Labute approximate surface area is 175 Å². The normalized spacial score (nSPS) is 26.1. The van der Waals surface area contributed by atoms with Crippen LogP contribution in [0.15, 0.2) is 24.3 Å². The van der Waals surface area contributed by atoms with Crippen LogP contribution in [0, 0.1) is 0 Å². The van der Waals surface area contributed by atoms with Gasteiger partial charge in [-0.1, -0.05) is 24.3 Å². The number of nitrogens with one attached hydrogen (secondary N) is 1. The van der Waals surface area contributed by atoms with Gasteiger partial charge in [0.15, 0.2) is 0 Å². The van der Waals surface area contributed by atoms with E-state index in [1.54, 1.807) is 7.11 Å². The highest BCUT2D eigenvalue weighted by atomic mass is 32.2. The minimum atomic E-state index is -3.21. The number of likely N-dealkylation sites (tertiary alicyclic amines) is 1. The maximum atomic E-state index is 13.0. The van der Waals surface area contributed by atoms with E-state index in [0.29, 0.717) is 38.0 Å². The molecular formula is C22H34N2O4S. The van der Waals surface area contributed by atoms with Crippen molar-refractivity contribution in [2.75, 3.05) is 26.5 Å². The first-order chi connectivity index (χ1) is 13.9. The first-order valence-corrected chi connectivity index (χ1v) is 12.6. The monoisotopic (exact) mass is 422 g/mol. The zero-order valence-electron chi connectivity index (χ0n) is 17.6. The molecule has 1 N–H and O–H groups in total. The van der Waals surface area contributed by atoms with Crippen LogP contribution in [0.4, 0.5) is 0 Å². The Bertz CT molecular complexity index is 788. The molecule has 29 heavy (non-hydrogen) atoms. The number of carbonyl (C=O) groups is 1. The summed E-state index contributed by atoms with van der Waals surface area (Å²) in [6.07, 6.45) is 8.60. The zero-order valence-corrected chi connectivity index (χ0v) is 18.4. The van der Waals surface area contributed by atoms with E-state index in [2.05, 4.69) is 22.9 Å². The predicted octanol–water partition coefficient (Wildman–Crippen LogP) is 2.83. The molecule has 0 aromatic heterocycles. The van der Waals surface area contributed by atoms with Crippen molar-refractivity contribution in [2.45, 2.75) is 69.4 Å². The third kappa shape index (κ3) is 6.52. The van der Waals surface area contributed by atoms with E-state index in [4.69, 9.17) is 4.74 Å². The molecule has 1 atom stereocenters. The Hall–Kier alpha value is -1.44. The van der Waals surface area contributed by atoms with Gasteiger partial charge in [-0.15, -0.1) is 0 Å². The van der Waals surface area contributed by atoms with Gasteiger partial charge in [0.1, 0.15) is 0 Å². The Balaban J connectivity index is 1.61. The van der Waals surface area contributed by atoms with Crippen molar-refractivity contribution in [3.05, 3.63) is 35.4 Å². The molecule has 2 fully saturated rings. The second kappa shape index (κ2) is 10.0. The average molecular weight is 423 g/mol. The molecule has 0 radical (unpaired) electrons. The Kier molecular flexibility index (Phi) is 7.71. The van der Waals surface area contributed by atoms with E-state index in [-0.39, 0.29) is 11.9 Å². The summed E-state index contributed by atoms with van der Waals surface area (Å²) in [5.74, 6) is 0.640. The topological polar surface area (TPSA) is 75.7 Å². The number of rotatable bonds is 6. The fraction of sp³-hybridized carbons (Fsp3) is 0.682. The van der Waals surface area contributed by atoms with Crippen molar-refractivity contribution in [3.8, 4) is 0 Å². The third-order valence-electron chi connectivity index (χ3n) is 6.31. The van der Waals surface area contributed by atoms with Crippen molar-refractivity contribution >= 4 is 15.9 Å². The van der Waals surface area contributed by atoms with E-state index < -0.39 is 10.0 Å². The number of methoxy groups -OCH3 is 1. The fourth-order valence-electron chi connectivity index (χ4n) is 4.74. The second-order valence-corrected chi connectivity index (χ2v) is 10.3. The molecule has 1 unspecified atom stereocenters. The second-order valence-electron chi connectivity index (χ2n) is 8.48. The van der Waals surface area contributed by atoms with Crippen molar-refractivity contribution < 1.29 is 17.9 Å². The molecule has 1 amide bonds. The van der Waals surface area contributed by atoms with Crippen LogP contribution in [0.2, 0.25) is 0 Å². The number of nitrogens with zero attached hydrogens (tertiary/aromatic N) is 1. The first kappa shape index (κ1) is 22.2. The zero-order chi connectivity index (χ0) is 20.9. The molecule has 1 aromatic rings. The van der Waals surface area contributed by atoms with Gasteiger partial charge in [-0.2, -0.15) is 0 Å². The van der Waals surface area contributed by atoms with E-state index in [9.17, 15) is 13.2 Å². The molecule has 6 nitrogen and oxygen atoms in total. The highest BCUT2D eigenvalue weighted by Crippen LogP contribution is 2.35. The fourth-order valence-corrected chi connectivity index (χ4v) is 5.59. The smallest absolute Gasteiger partial charge is 0.227 e. The molecule has 7 heteroatoms. The van der Waals surface area contributed by atoms with Crippen LogP contribution < -0.4 is 4.72 Å². The van der Waals surface area contributed by atoms with Gasteiger partial charge in [-0.25, -0.2) is 13.1 Å². The largest absolute Gasteiger partial charge is 0.381 e. The lowest BCUT2D eigenvalue weighted by Gasteiger charge is -2.29. The minimum absolute atomic E-state index is 0.0777. The number of hydrogen-bond acceptors (Lipinski definition) is 4. The van der Waals surface area contributed by atoms with Crippen molar-refractivity contribution in [2.24, 2.45) is 0 Å². The van der Waals surface area contributed by atoms with E-state index in [1.807, 2.05) is 11.0 Å². The lowest BCUT2D eigenvalue weighted by atomic mass is 9.80. The highest BCUT2D eigenvalue weighted by Gasteiger charge is 2.26. The highest BCUT2D eigenvalue weighted by molar-refractivity contribution is 7.88. The van der Waals surface area contributed by atoms with Gasteiger partial charge in [-0.05, 0) is 62.0 Å². The predicted molar refractivity (Wildman–Crippen MR) is 114 cm³/mol. The van der Waals surface area contributed by atoms with Gasteiger partial charge >= 0.3 is 0 Å². The van der Waals surface area contributed by atoms with Crippen LogP contribution in [0.5, 0.6) is 0 Å². The average Bonchev–Trinajstić information content (AvgIpc) is 2.93. The summed E-state index contributed by atoms with van der Waals surface area (Å²) in [5, 5.41) is 0. The maximum Gasteiger partial charge on any atom is 0.227 e. The number of sulfonamides is 1. The quantitative estimate of drug-likeness (QED) is 0.765. The first-order valence-electron chi connectivity index (χ1n) is 10.7. The maximum absolute atomic E-state index is 13.0. The molecule has 1 aliphatic heterocycles. The summed E-state index contributed by atoms with van der Waals surface area (Å²) in [4.78, 5) is 14.9. The van der Waals surface area contributed by atoms with E-state index >= 15 is 0 Å². The van der Waals surface area contributed by atoms with Crippen LogP contribution in [0.25, 0.3) is 0 Å². The Morgan fingerprint density at radius 1 is 1.10 bits per heavy atom. The molecule has 1 saturated heterocycles. The molecule has 3 rings (SSSR count). The molecular weight excluding hydrogens is 388 g/mol. The van der Waals surface area contributed by atoms with Crippen LogP contribution in [0.1, 0.15) is 62.0 Å². The summed E-state index contributed by atoms with van der Waals surface area (Å²) in [5.41, 5.74) is 2.44. The Morgan fingerprint density at radius 2 is 1.83 bits per heavy atom. The molecule has 1 aliphatic carbocycles. The standard InChI is InChI=1S/C22H34N2O4S/c1-28-20-11-9-17(10-12-20)21-8-4-3-6-18(21)16-22(25)24-14-5-7-19(13-15-24)23-29(2,26)27/h3-4,6,8,17,19-20,23H,5,7,9-16H2,1-2H3. The molecule has 1 heterocycles. The molecule has 0 bridgehead atoms. The van der Waals surface area contributed by atoms with Gasteiger partial charge in [0.05, 0.1) is 18.8 Å². The van der Waals surface area contributed by atoms with Crippen molar-refractivity contribution in [1.29, 1.82) is 0 Å². The van der Waals surface area contributed by atoms with E-state index in [1.165, 1.54) is 11.8 Å². The molecule has 2 aliphatic rings. The van der Waals surface area contributed by atoms with Gasteiger partial charge in [0, 0.05) is 26.2 Å². The lowest BCUT2D eigenvalue weighted by Crippen LogP contribution is -2.36. The Morgan fingerprint density at radius 3 is 2.52 bits per heavy atom. The van der Waals surface area contributed by atoms with Gasteiger partial charge < -0.3 is 9.64 Å². The van der Waals surface area contributed by atoms with Crippen molar-refractivity contribution in [3.63, 3.8) is 0 Å². The summed E-state index contributed by atoms with van der Waals surface area (Å²) in [6.45, 7) is 1.30.